The van der Waals surface area contributed by atoms with Gasteiger partial charge in [0.15, 0.2) is 9.84 Å². The highest BCUT2D eigenvalue weighted by Crippen LogP contribution is 2.22. The summed E-state index contributed by atoms with van der Waals surface area (Å²) >= 11 is 0. The minimum absolute atomic E-state index is 0.178. The fraction of sp³-hybridized carbons (Fsp3) is 0.571. The molecule has 0 aliphatic carbocycles. The number of methoxy groups -OCH3 is 1. The summed E-state index contributed by atoms with van der Waals surface area (Å²) < 4.78 is 29.2. The van der Waals surface area contributed by atoms with Crippen LogP contribution >= 0.6 is 0 Å². The zero-order valence-electron chi connectivity index (χ0n) is 12.2. The van der Waals surface area contributed by atoms with Gasteiger partial charge >= 0.3 is 0 Å². The van der Waals surface area contributed by atoms with E-state index in [9.17, 15) is 8.42 Å². The molecule has 0 heterocycles. The normalized spacial score (nSPS) is 11.5. The summed E-state index contributed by atoms with van der Waals surface area (Å²) in [6.45, 7) is 4.75. The lowest BCUT2D eigenvalue weighted by atomic mass is 10.3. The van der Waals surface area contributed by atoms with Crippen molar-refractivity contribution in [2.75, 3.05) is 44.4 Å². The Labute approximate surface area is 121 Å². The SMILES string of the molecule is CCCS(=O)(=O)c1ccccc1NCCNCCOC. The number of para-hydroxylation sites is 1. The van der Waals surface area contributed by atoms with E-state index in [-0.39, 0.29) is 5.75 Å². The van der Waals surface area contributed by atoms with Crippen LogP contribution in [-0.4, -0.2) is 47.5 Å². The first-order chi connectivity index (χ1) is 9.61. The quantitative estimate of drug-likeness (QED) is 0.641. The predicted molar refractivity (Wildman–Crippen MR) is 82.0 cm³/mol. The Morgan fingerprint density at radius 2 is 1.90 bits per heavy atom. The van der Waals surface area contributed by atoms with Gasteiger partial charge in [0.05, 0.1) is 22.9 Å². The topological polar surface area (TPSA) is 67.4 Å². The van der Waals surface area contributed by atoms with Gasteiger partial charge in [0.25, 0.3) is 0 Å². The fourth-order valence-electron chi connectivity index (χ4n) is 1.85. The van der Waals surface area contributed by atoms with Gasteiger partial charge < -0.3 is 15.4 Å². The van der Waals surface area contributed by atoms with Crippen LogP contribution in [0.25, 0.3) is 0 Å². The molecule has 20 heavy (non-hydrogen) atoms. The number of benzene rings is 1. The molecule has 0 fully saturated rings. The summed E-state index contributed by atoms with van der Waals surface area (Å²) in [6.07, 6.45) is 0.620. The molecule has 0 radical (unpaired) electrons. The van der Waals surface area contributed by atoms with Crippen LogP contribution in [-0.2, 0) is 14.6 Å². The maximum atomic E-state index is 12.2. The van der Waals surface area contributed by atoms with E-state index in [1.54, 1.807) is 25.3 Å². The van der Waals surface area contributed by atoms with Crippen LogP contribution in [0.4, 0.5) is 5.69 Å². The van der Waals surface area contributed by atoms with Crippen molar-refractivity contribution in [2.24, 2.45) is 0 Å². The maximum absolute atomic E-state index is 12.2. The van der Waals surface area contributed by atoms with Crippen LogP contribution in [0.3, 0.4) is 0 Å². The van der Waals surface area contributed by atoms with Gasteiger partial charge in [-0.15, -0.1) is 0 Å². The van der Waals surface area contributed by atoms with Gasteiger partial charge in [-0.05, 0) is 18.6 Å². The van der Waals surface area contributed by atoms with Crippen molar-refractivity contribution in [1.29, 1.82) is 0 Å². The third-order valence-electron chi connectivity index (χ3n) is 2.80. The molecule has 1 rings (SSSR count). The second-order valence-electron chi connectivity index (χ2n) is 4.48. The molecular formula is C14H24N2O3S. The third kappa shape index (κ3) is 5.48. The number of ether oxygens (including phenoxy) is 1. The summed E-state index contributed by atoms with van der Waals surface area (Å²) in [7, 11) is -1.53. The fourth-order valence-corrected chi connectivity index (χ4v) is 3.37. The van der Waals surface area contributed by atoms with Crippen molar-refractivity contribution in [3.63, 3.8) is 0 Å². The van der Waals surface area contributed by atoms with Gasteiger partial charge in [-0.1, -0.05) is 19.1 Å². The highest BCUT2D eigenvalue weighted by atomic mass is 32.2. The van der Waals surface area contributed by atoms with E-state index in [0.29, 0.717) is 30.2 Å². The Morgan fingerprint density at radius 3 is 2.60 bits per heavy atom. The summed E-state index contributed by atoms with van der Waals surface area (Å²) in [6, 6.07) is 7.06. The van der Waals surface area contributed by atoms with Crippen LogP contribution in [0.2, 0.25) is 0 Å². The molecule has 5 nitrogen and oxygen atoms in total. The Morgan fingerprint density at radius 1 is 1.15 bits per heavy atom. The Balaban J connectivity index is 2.58. The average Bonchev–Trinajstić information content (AvgIpc) is 2.43. The molecule has 0 aromatic heterocycles. The predicted octanol–water partition coefficient (Wildman–Crippen LogP) is 1.52. The van der Waals surface area contributed by atoms with E-state index in [1.807, 2.05) is 13.0 Å². The van der Waals surface area contributed by atoms with Gasteiger partial charge in [-0.2, -0.15) is 0 Å². The molecule has 6 heteroatoms. The standard InChI is InChI=1S/C14H24N2O3S/c1-3-12-20(17,18)14-7-5-4-6-13(14)16-9-8-15-10-11-19-2/h4-7,15-16H,3,8-12H2,1-2H3. The number of hydrogen-bond donors (Lipinski definition) is 2. The van der Waals surface area contributed by atoms with E-state index in [1.165, 1.54) is 0 Å². The summed E-state index contributed by atoms with van der Waals surface area (Å²) in [5.41, 5.74) is 0.675. The second kappa shape index (κ2) is 8.94. The number of nitrogens with one attached hydrogen (secondary N) is 2. The number of sulfone groups is 1. The van der Waals surface area contributed by atoms with Gasteiger partial charge in [0.2, 0.25) is 0 Å². The van der Waals surface area contributed by atoms with Crippen LogP contribution in [0, 0.1) is 0 Å². The lowest BCUT2D eigenvalue weighted by molar-refractivity contribution is 0.200. The zero-order valence-corrected chi connectivity index (χ0v) is 13.0. The van der Waals surface area contributed by atoms with Crippen molar-refractivity contribution in [2.45, 2.75) is 18.2 Å². The molecule has 1 aromatic carbocycles. The highest BCUT2D eigenvalue weighted by Gasteiger charge is 2.16. The van der Waals surface area contributed by atoms with E-state index in [2.05, 4.69) is 10.6 Å². The summed E-state index contributed by atoms with van der Waals surface area (Å²) in [5.74, 6) is 0.178. The van der Waals surface area contributed by atoms with E-state index >= 15 is 0 Å². The monoisotopic (exact) mass is 300 g/mol. The lowest BCUT2D eigenvalue weighted by Gasteiger charge is -2.12. The first-order valence-electron chi connectivity index (χ1n) is 6.87. The molecule has 0 saturated heterocycles. The number of rotatable bonds is 10. The third-order valence-corrected chi connectivity index (χ3v) is 4.77. The smallest absolute Gasteiger partial charge is 0.180 e. The van der Waals surface area contributed by atoms with Crippen LogP contribution < -0.4 is 10.6 Å². The number of hydrogen-bond acceptors (Lipinski definition) is 5. The average molecular weight is 300 g/mol. The van der Waals surface area contributed by atoms with Gasteiger partial charge in [0.1, 0.15) is 0 Å². The van der Waals surface area contributed by atoms with Crippen molar-refractivity contribution < 1.29 is 13.2 Å². The van der Waals surface area contributed by atoms with Crippen molar-refractivity contribution in [3.8, 4) is 0 Å². The van der Waals surface area contributed by atoms with E-state index in [0.717, 1.165) is 13.1 Å². The van der Waals surface area contributed by atoms with Crippen LogP contribution in [0.1, 0.15) is 13.3 Å². The molecule has 0 atom stereocenters. The molecule has 0 bridgehead atoms. The second-order valence-corrected chi connectivity index (χ2v) is 6.56. The summed E-state index contributed by atoms with van der Waals surface area (Å²) in [4.78, 5) is 0.388. The first kappa shape index (κ1) is 16.9. The van der Waals surface area contributed by atoms with Gasteiger partial charge in [-0.25, -0.2) is 8.42 Å². The Hall–Kier alpha value is -1.11. The van der Waals surface area contributed by atoms with Crippen LogP contribution in [0.15, 0.2) is 29.2 Å². The molecular weight excluding hydrogens is 276 g/mol. The van der Waals surface area contributed by atoms with E-state index < -0.39 is 9.84 Å². The molecule has 0 unspecified atom stereocenters. The molecule has 0 aliphatic rings. The van der Waals surface area contributed by atoms with Crippen molar-refractivity contribution in [3.05, 3.63) is 24.3 Å². The molecule has 0 amide bonds. The lowest BCUT2D eigenvalue weighted by Crippen LogP contribution is -2.25. The Kier molecular flexibility index (Phi) is 7.58. The van der Waals surface area contributed by atoms with Crippen molar-refractivity contribution >= 4 is 15.5 Å². The minimum Gasteiger partial charge on any atom is -0.383 e. The number of anilines is 1. The molecule has 114 valence electrons. The van der Waals surface area contributed by atoms with Gasteiger partial charge in [-0.3, -0.25) is 0 Å². The molecule has 1 aromatic rings. The summed E-state index contributed by atoms with van der Waals surface area (Å²) in [5, 5.41) is 6.38. The largest absolute Gasteiger partial charge is 0.383 e. The highest BCUT2D eigenvalue weighted by molar-refractivity contribution is 7.91. The molecule has 2 N–H and O–H groups in total. The molecule has 0 saturated carbocycles. The maximum Gasteiger partial charge on any atom is 0.180 e. The zero-order chi connectivity index (χ0) is 14.8. The Bertz CT molecular complexity index is 489. The van der Waals surface area contributed by atoms with E-state index in [4.69, 9.17) is 4.74 Å². The van der Waals surface area contributed by atoms with Crippen molar-refractivity contribution in [1.82, 2.24) is 5.32 Å². The van der Waals surface area contributed by atoms with Crippen LogP contribution in [0.5, 0.6) is 0 Å². The molecule has 0 aliphatic heterocycles. The van der Waals surface area contributed by atoms with Gasteiger partial charge in [0, 0.05) is 26.7 Å². The first-order valence-corrected chi connectivity index (χ1v) is 8.52. The molecule has 0 spiro atoms. The minimum atomic E-state index is -3.20.